The monoisotopic (exact) mass is 377 g/mol. The molecular weight excluding hydrogens is 354 g/mol. The van der Waals surface area contributed by atoms with Crippen LogP contribution in [0.1, 0.15) is 35.2 Å². The summed E-state index contributed by atoms with van der Waals surface area (Å²) in [5.41, 5.74) is 2.58. The number of benzene rings is 1. The molecule has 1 saturated heterocycles. The van der Waals surface area contributed by atoms with Crippen molar-refractivity contribution in [3.05, 3.63) is 47.5 Å². The molecule has 3 heterocycles. The lowest BCUT2D eigenvalue weighted by Gasteiger charge is -2.29. The number of aryl methyl sites for hydroxylation is 1. The van der Waals surface area contributed by atoms with Gasteiger partial charge in [0.25, 0.3) is 5.91 Å². The Kier molecular flexibility index (Phi) is 3.99. The molecule has 3 aromatic rings. The summed E-state index contributed by atoms with van der Waals surface area (Å²) < 4.78 is 1.47. The second-order valence-electron chi connectivity index (χ2n) is 8.10. The summed E-state index contributed by atoms with van der Waals surface area (Å²) in [7, 11) is 0. The fraction of sp³-hybridized carbons (Fsp3) is 0.450. The van der Waals surface area contributed by atoms with Gasteiger partial charge in [-0.3, -0.25) is 4.79 Å². The van der Waals surface area contributed by atoms with Gasteiger partial charge >= 0.3 is 0 Å². The van der Waals surface area contributed by atoms with Gasteiger partial charge in [0, 0.05) is 30.6 Å². The molecule has 2 atom stereocenters. The summed E-state index contributed by atoms with van der Waals surface area (Å²) in [6.45, 7) is 4.56. The molecule has 2 aliphatic rings. The molecule has 1 aromatic carbocycles. The molecule has 2 aromatic heterocycles. The minimum atomic E-state index is 0.00964. The second-order valence-corrected chi connectivity index (χ2v) is 8.10. The number of anilines is 1. The predicted octanol–water partition coefficient (Wildman–Crippen LogP) is 1.86. The van der Waals surface area contributed by atoms with Crippen molar-refractivity contribution >= 4 is 17.4 Å². The van der Waals surface area contributed by atoms with Crippen LogP contribution in [0.2, 0.25) is 0 Å². The van der Waals surface area contributed by atoms with E-state index < -0.39 is 0 Å². The topological polar surface area (TPSA) is 88.3 Å². The van der Waals surface area contributed by atoms with Gasteiger partial charge in [0.1, 0.15) is 0 Å². The van der Waals surface area contributed by atoms with Crippen LogP contribution in [0.15, 0.2) is 36.4 Å². The van der Waals surface area contributed by atoms with Crippen molar-refractivity contribution in [1.29, 1.82) is 0 Å². The molecule has 0 spiro atoms. The standard InChI is InChI=1S/C20H23N7O/c1-14-4-2-5-15(10-14)19(28)21-12-20-9-3-6-16(20)11-26(13-20)18-8-7-17-22-24-25-27(17)23-18/h2,4-5,7-8,10,16H,3,6,9,11-13H2,1H3,(H,21,28)/t16-,20-/m0/s1. The lowest BCUT2D eigenvalue weighted by atomic mass is 9.80. The lowest BCUT2D eigenvalue weighted by Crippen LogP contribution is -2.40. The number of nitrogens with zero attached hydrogens (tertiary/aromatic N) is 6. The van der Waals surface area contributed by atoms with Crippen LogP contribution >= 0.6 is 0 Å². The Labute approximate surface area is 162 Å². The lowest BCUT2D eigenvalue weighted by molar-refractivity contribution is 0.0927. The molecule has 144 valence electrons. The SMILES string of the molecule is Cc1cccc(C(=O)NC[C@]23CCC[C@H]2CN(c2ccc4nnnn4n2)C3)c1. The first kappa shape index (κ1) is 17.1. The van der Waals surface area contributed by atoms with Gasteiger partial charge in [-0.05, 0) is 60.4 Å². The third-order valence-electron chi connectivity index (χ3n) is 6.30. The number of nitrogens with one attached hydrogen (secondary N) is 1. The molecule has 0 radical (unpaired) electrons. The first-order valence-corrected chi connectivity index (χ1v) is 9.78. The molecule has 1 aliphatic carbocycles. The number of aromatic nitrogens is 5. The number of carbonyl (C=O) groups excluding carboxylic acids is 1. The van der Waals surface area contributed by atoms with Crippen LogP contribution in [-0.4, -0.2) is 50.8 Å². The Morgan fingerprint density at radius 1 is 1.32 bits per heavy atom. The van der Waals surface area contributed by atoms with E-state index in [1.165, 1.54) is 17.5 Å². The summed E-state index contributed by atoms with van der Waals surface area (Å²) in [5, 5.41) is 19.2. The molecule has 2 fully saturated rings. The highest BCUT2D eigenvalue weighted by Crippen LogP contribution is 2.49. The molecule has 1 amide bonds. The maximum Gasteiger partial charge on any atom is 0.251 e. The van der Waals surface area contributed by atoms with Crippen molar-refractivity contribution in [2.45, 2.75) is 26.2 Å². The van der Waals surface area contributed by atoms with Crippen molar-refractivity contribution in [1.82, 2.24) is 30.6 Å². The molecule has 0 bridgehead atoms. The fourth-order valence-electron chi connectivity index (χ4n) is 4.83. The normalized spacial score (nSPS) is 23.9. The molecule has 28 heavy (non-hydrogen) atoms. The van der Waals surface area contributed by atoms with E-state index in [4.69, 9.17) is 0 Å². The summed E-state index contributed by atoms with van der Waals surface area (Å²) in [6, 6.07) is 11.6. The van der Waals surface area contributed by atoms with Gasteiger partial charge in [0.15, 0.2) is 11.5 Å². The highest BCUT2D eigenvalue weighted by atomic mass is 16.1. The van der Waals surface area contributed by atoms with Crippen LogP contribution in [0, 0.1) is 18.3 Å². The molecule has 1 N–H and O–H groups in total. The third kappa shape index (κ3) is 2.89. The summed E-state index contributed by atoms with van der Waals surface area (Å²) in [6.07, 6.45) is 3.55. The number of fused-ring (bicyclic) bond motifs is 2. The van der Waals surface area contributed by atoms with Gasteiger partial charge < -0.3 is 10.2 Å². The highest BCUT2D eigenvalue weighted by molar-refractivity contribution is 5.94. The van der Waals surface area contributed by atoms with E-state index in [1.807, 2.05) is 43.3 Å². The largest absolute Gasteiger partial charge is 0.354 e. The van der Waals surface area contributed by atoms with E-state index >= 15 is 0 Å². The fourth-order valence-corrected chi connectivity index (χ4v) is 4.83. The van der Waals surface area contributed by atoms with Crippen molar-refractivity contribution < 1.29 is 4.79 Å². The summed E-state index contributed by atoms with van der Waals surface area (Å²) in [4.78, 5) is 15.0. The highest BCUT2D eigenvalue weighted by Gasteiger charge is 2.49. The Bertz CT molecular complexity index is 1030. The van der Waals surface area contributed by atoms with Gasteiger partial charge in [-0.15, -0.1) is 14.8 Å². The zero-order chi connectivity index (χ0) is 19.1. The average Bonchev–Trinajstić information content (AvgIpc) is 3.39. The number of rotatable bonds is 4. The predicted molar refractivity (Wildman–Crippen MR) is 104 cm³/mol. The van der Waals surface area contributed by atoms with Gasteiger partial charge in [-0.2, -0.15) is 0 Å². The Morgan fingerprint density at radius 3 is 3.14 bits per heavy atom. The van der Waals surface area contributed by atoms with Gasteiger partial charge in [0.05, 0.1) is 0 Å². The molecule has 0 unspecified atom stereocenters. The van der Waals surface area contributed by atoms with Gasteiger partial charge in [0.2, 0.25) is 0 Å². The zero-order valence-electron chi connectivity index (χ0n) is 15.9. The van der Waals surface area contributed by atoms with Crippen molar-refractivity contribution in [2.24, 2.45) is 11.3 Å². The van der Waals surface area contributed by atoms with Crippen LogP contribution in [0.3, 0.4) is 0 Å². The van der Waals surface area contributed by atoms with Crippen molar-refractivity contribution in [2.75, 3.05) is 24.5 Å². The smallest absolute Gasteiger partial charge is 0.251 e. The number of tetrazole rings is 1. The molecule has 1 aliphatic heterocycles. The van der Waals surface area contributed by atoms with E-state index in [0.29, 0.717) is 18.1 Å². The quantitative estimate of drug-likeness (QED) is 0.747. The van der Waals surface area contributed by atoms with E-state index in [0.717, 1.165) is 36.5 Å². The molecule has 8 heteroatoms. The maximum atomic E-state index is 12.6. The van der Waals surface area contributed by atoms with Crippen LogP contribution in [0.25, 0.3) is 5.65 Å². The summed E-state index contributed by atoms with van der Waals surface area (Å²) >= 11 is 0. The number of amides is 1. The molecular formula is C20H23N7O. The first-order chi connectivity index (χ1) is 13.6. The van der Waals surface area contributed by atoms with Crippen molar-refractivity contribution in [3.8, 4) is 0 Å². The van der Waals surface area contributed by atoms with Gasteiger partial charge in [-0.1, -0.05) is 24.1 Å². The van der Waals surface area contributed by atoms with Crippen molar-refractivity contribution in [3.63, 3.8) is 0 Å². The molecule has 8 nitrogen and oxygen atoms in total. The van der Waals surface area contributed by atoms with E-state index in [9.17, 15) is 4.79 Å². The van der Waals surface area contributed by atoms with E-state index in [1.54, 1.807) is 0 Å². The first-order valence-electron chi connectivity index (χ1n) is 9.78. The zero-order valence-corrected chi connectivity index (χ0v) is 15.9. The van der Waals surface area contributed by atoms with E-state index in [2.05, 4.69) is 30.8 Å². The Hall–Kier alpha value is -3.03. The minimum Gasteiger partial charge on any atom is -0.354 e. The van der Waals surface area contributed by atoms with Gasteiger partial charge in [-0.25, -0.2) is 0 Å². The Morgan fingerprint density at radius 2 is 2.25 bits per heavy atom. The maximum absolute atomic E-state index is 12.6. The number of hydrogen-bond donors (Lipinski definition) is 1. The third-order valence-corrected chi connectivity index (χ3v) is 6.30. The number of hydrogen-bond acceptors (Lipinski definition) is 6. The van der Waals surface area contributed by atoms with Crippen LogP contribution in [0.5, 0.6) is 0 Å². The average molecular weight is 377 g/mol. The van der Waals surface area contributed by atoms with Crippen LogP contribution in [-0.2, 0) is 0 Å². The molecule has 5 rings (SSSR count). The minimum absolute atomic E-state index is 0.00964. The summed E-state index contributed by atoms with van der Waals surface area (Å²) in [5.74, 6) is 1.46. The molecule has 1 saturated carbocycles. The van der Waals surface area contributed by atoms with E-state index in [-0.39, 0.29) is 11.3 Å². The van der Waals surface area contributed by atoms with Crippen LogP contribution in [0.4, 0.5) is 5.82 Å². The second kappa shape index (κ2) is 6.54. The Balaban J connectivity index is 1.32. The number of carbonyl (C=O) groups is 1. The van der Waals surface area contributed by atoms with Crippen LogP contribution < -0.4 is 10.2 Å².